The predicted octanol–water partition coefficient (Wildman–Crippen LogP) is 3.13. The van der Waals surface area contributed by atoms with Crippen LogP contribution in [0, 0.1) is 0 Å². The number of guanidine groups is 1. The van der Waals surface area contributed by atoms with Crippen molar-refractivity contribution in [1.82, 2.24) is 15.5 Å². The summed E-state index contributed by atoms with van der Waals surface area (Å²) in [5, 5.41) is 6.80. The molecule has 1 rings (SSSR count). The van der Waals surface area contributed by atoms with Crippen molar-refractivity contribution in [3.05, 3.63) is 35.9 Å². The van der Waals surface area contributed by atoms with E-state index in [0.29, 0.717) is 6.04 Å². The van der Waals surface area contributed by atoms with E-state index in [2.05, 4.69) is 71.6 Å². The first-order valence-corrected chi connectivity index (χ1v) is 8.47. The van der Waals surface area contributed by atoms with E-state index in [1.54, 1.807) is 0 Å². The van der Waals surface area contributed by atoms with Crippen molar-refractivity contribution >= 4 is 29.9 Å². The van der Waals surface area contributed by atoms with Crippen LogP contribution in [-0.2, 0) is 6.42 Å². The molecule has 0 amide bonds. The van der Waals surface area contributed by atoms with E-state index in [1.807, 2.05) is 7.05 Å². The fourth-order valence-corrected chi connectivity index (χ4v) is 2.64. The van der Waals surface area contributed by atoms with Crippen molar-refractivity contribution in [2.75, 3.05) is 33.2 Å². The molecule has 0 spiro atoms. The van der Waals surface area contributed by atoms with E-state index >= 15 is 0 Å². The first-order valence-electron chi connectivity index (χ1n) is 8.47. The van der Waals surface area contributed by atoms with Crippen molar-refractivity contribution < 1.29 is 0 Å². The summed E-state index contributed by atoms with van der Waals surface area (Å²) in [4.78, 5) is 6.80. The van der Waals surface area contributed by atoms with Gasteiger partial charge in [0.05, 0.1) is 0 Å². The first-order chi connectivity index (χ1) is 10.7. The van der Waals surface area contributed by atoms with Gasteiger partial charge in [0.2, 0.25) is 0 Å². The van der Waals surface area contributed by atoms with E-state index < -0.39 is 0 Å². The zero-order chi connectivity index (χ0) is 16.2. The Morgan fingerprint density at radius 2 is 1.74 bits per heavy atom. The molecule has 0 aliphatic carbocycles. The van der Waals surface area contributed by atoms with Gasteiger partial charge in [-0.3, -0.25) is 9.89 Å². The van der Waals surface area contributed by atoms with Gasteiger partial charge in [0.25, 0.3) is 0 Å². The van der Waals surface area contributed by atoms with E-state index in [9.17, 15) is 0 Å². The molecule has 0 saturated carbocycles. The number of hydrogen-bond donors (Lipinski definition) is 2. The lowest BCUT2D eigenvalue weighted by molar-refractivity contribution is 0.215. The van der Waals surface area contributed by atoms with Crippen LogP contribution in [0.4, 0.5) is 0 Å². The van der Waals surface area contributed by atoms with Gasteiger partial charge in [-0.25, -0.2) is 0 Å². The molecule has 0 aliphatic rings. The monoisotopic (exact) mass is 432 g/mol. The second-order valence-electron chi connectivity index (χ2n) is 5.44. The molecule has 1 unspecified atom stereocenters. The summed E-state index contributed by atoms with van der Waals surface area (Å²) in [5.74, 6) is 0.895. The highest BCUT2D eigenvalue weighted by molar-refractivity contribution is 14.0. The van der Waals surface area contributed by atoms with Gasteiger partial charge < -0.3 is 10.6 Å². The third-order valence-electron chi connectivity index (χ3n) is 3.91. The lowest BCUT2D eigenvalue weighted by Crippen LogP contribution is -2.48. The molecule has 0 fully saturated rings. The average Bonchev–Trinajstić information content (AvgIpc) is 2.56. The van der Waals surface area contributed by atoms with E-state index in [0.717, 1.165) is 45.0 Å². The van der Waals surface area contributed by atoms with Crippen LogP contribution in [0.2, 0.25) is 0 Å². The Balaban J connectivity index is 0.00000484. The maximum Gasteiger partial charge on any atom is 0.191 e. The van der Waals surface area contributed by atoms with Gasteiger partial charge in [-0.05, 0) is 31.5 Å². The summed E-state index contributed by atoms with van der Waals surface area (Å²) >= 11 is 0. The number of likely N-dealkylation sites (N-methyl/N-ethyl adjacent to an activating group) is 1. The second-order valence-corrected chi connectivity index (χ2v) is 5.44. The minimum Gasteiger partial charge on any atom is -0.356 e. The first kappa shape index (κ1) is 22.2. The second kappa shape index (κ2) is 13.6. The third kappa shape index (κ3) is 8.55. The lowest BCUT2D eigenvalue weighted by atomic mass is 10.0. The van der Waals surface area contributed by atoms with Gasteiger partial charge in [-0.15, -0.1) is 24.0 Å². The van der Waals surface area contributed by atoms with Crippen LogP contribution in [0.1, 0.15) is 32.8 Å². The molecule has 1 aromatic carbocycles. The van der Waals surface area contributed by atoms with Gasteiger partial charge in [-0.1, -0.05) is 51.1 Å². The van der Waals surface area contributed by atoms with Crippen LogP contribution in [-0.4, -0.2) is 50.1 Å². The van der Waals surface area contributed by atoms with Crippen LogP contribution in [0.5, 0.6) is 0 Å². The van der Waals surface area contributed by atoms with E-state index in [4.69, 9.17) is 0 Å². The Labute approximate surface area is 159 Å². The molecular formula is C18H33IN4. The van der Waals surface area contributed by atoms with Crippen molar-refractivity contribution in [2.45, 2.75) is 39.7 Å². The Morgan fingerprint density at radius 1 is 1.09 bits per heavy atom. The van der Waals surface area contributed by atoms with Gasteiger partial charge in [0.1, 0.15) is 0 Å². The Kier molecular flexibility index (Phi) is 13.1. The molecular weight excluding hydrogens is 399 g/mol. The molecule has 0 aliphatic heterocycles. The van der Waals surface area contributed by atoms with Crippen molar-refractivity contribution in [3.8, 4) is 0 Å². The molecule has 23 heavy (non-hydrogen) atoms. The maximum absolute atomic E-state index is 4.29. The molecule has 0 aromatic heterocycles. The summed E-state index contributed by atoms with van der Waals surface area (Å²) in [5.41, 5.74) is 1.39. The normalized spacial score (nSPS) is 12.7. The number of halogens is 1. The fourth-order valence-electron chi connectivity index (χ4n) is 2.64. The Bertz CT molecular complexity index is 418. The lowest BCUT2D eigenvalue weighted by Gasteiger charge is -2.30. The molecule has 1 atom stereocenters. The highest BCUT2D eigenvalue weighted by Gasteiger charge is 2.16. The molecule has 0 radical (unpaired) electrons. The van der Waals surface area contributed by atoms with Crippen molar-refractivity contribution in [2.24, 2.45) is 4.99 Å². The SMILES string of the molecule is CCCNC(=NC)NCC(Cc1ccccc1)N(CC)CC.I. The van der Waals surface area contributed by atoms with Gasteiger partial charge in [-0.2, -0.15) is 0 Å². The van der Waals surface area contributed by atoms with Gasteiger partial charge in [0.15, 0.2) is 5.96 Å². The van der Waals surface area contributed by atoms with E-state index in [-0.39, 0.29) is 24.0 Å². The quantitative estimate of drug-likeness (QED) is 0.358. The minimum absolute atomic E-state index is 0. The third-order valence-corrected chi connectivity index (χ3v) is 3.91. The number of benzene rings is 1. The van der Waals surface area contributed by atoms with Gasteiger partial charge >= 0.3 is 0 Å². The predicted molar refractivity (Wildman–Crippen MR) is 112 cm³/mol. The van der Waals surface area contributed by atoms with Crippen LogP contribution in [0.25, 0.3) is 0 Å². The zero-order valence-electron chi connectivity index (χ0n) is 15.0. The molecule has 5 heteroatoms. The molecule has 132 valence electrons. The summed E-state index contributed by atoms with van der Waals surface area (Å²) in [6.07, 6.45) is 2.16. The molecule has 0 heterocycles. The van der Waals surface area contributed by atoms with Crippen LogP contribution < -0.4 is 10.6 Å². The molecule has 1 aromatic rings. The highest BCUT2D eigenvalue weighted by atomic mass is 127. The fraction of sp³-hybridized carbons (Fsp3) is 0.611. The van der Waals surface area contributed by atoms with Gasteiger partial charge in [0, 0.05) is 26.2 Å². The molecule has 4 nitrogen and oxygen atoms in total. The highest BCUT2D eigenvalue weighted by Crippen LogP contribution is 2.08. The maximum atomic E-state index is 4.29. The van der Waals surface area contributed by atoms with Crippen molar-refractivity contribution in [3.63, 3.8) is 0 Å². The summed E-state index contributed by atoms with van der Waals surface area (Å²) in [6, 6.07) is 11.2. The topological polar surface area (TPSA) is 39.7 Å². The summed E-state index contributed by atoms with van der Waals surface area (Å²) < 4.78 is 0. The number of hydrogen-bond acceptors (Lipinski definition) is 2. The van der Waals surface area contributed by atoms with Crippen LogP contribution >= 0.6 is 24.0 Å². The minimum atomic E-state index is 0. The van der Waals surface area contributed by atoms with Crippen LogP contribution in [0.3, 0.4) is 0 Å². The van der Waals surface area contributed by atoms with Crippen LogP contribution in [0.15, 0.2) is 35.3 Å². The average molecular weight is 432 g/mol. The Morgan fingerprint density at radius 3 is 2.26 bits per heavy atom. The molecule has 0 saturated heterocycles. The number of rotatable bonds is 9. The van der Waals surface area contributed by atoms with Crippen molar-refractivity contribution in [1.29, 1.82) is 0 Å². The largest absolute Gasteiger partial charge is 0.356 e. The number of nitrogens with one attached hydrogen (secondary N) is 2. The standard InChI is InChI=1S/C18H32N4.HI/c1-5-13-20-18(19-4)21-15-17(22(6-2)7-3)14-16-11-9-8-10-12-16;/h8-12,17H,5-7,13-15H2,1-4H3,(H2,19,20,21);1H. The number of nitrogens with zero attached hydrogens (tertiary/aromatic N) is 2. The Hall–Kier alpha value is -0.820. The smallest absolute Gasteiger partial charge is 0.191 e. The van der Waals surface area contributed by atoms with E-state index in [1.165, 1.54) is 5.56 Å². The molecule has 2 N–H and O–H groups in total. The summed E-state index contributed by atoms with van der Waals surface area (Å²) in [6.45, 7) is 10.6. The molecule has 0 bridgehead atoms. The summed E-state index contributed by atoms with van der Waals surface area (Å²) in [7, 11) is 1.83. The number of aliphatic imine (C=N–C) groups is 1. The zero-order valence-corrected chi connectivity index (χ0v) is 17.3.